The van der Waals surface area contributed by atoms with Gasteiger partial charge in [-0.2, -0.15) is 0 Å². The van der Waals surface area contributed by atoms with Crippen molar-refractivity contribution in [2.75, 3.05) is 13.2 Å². The van der Waals surface area contributed by atoms with Crippen LogP contribution in [0.3, 0.4) is 0 Å². The van der Waals surface area contributed by atoms with E-state index in [2.05, 4.69) is 9.88 Å². The Morgan fingerprint density at radius 3 is 2.82 bits per heavy atom. The van der Waals surface area contributed by atoms with Crippen LogP contribution in [0.4, 0.5) is 0 Å². The molecule has 1 fully saturated rings. The van der Waals surface area contributed by atoms with E-state index in [1.54, 1.807) is 6.07 Å². The van der Waals surface area contributed by atoms with Gasteiger partial charge >= 0.3 is 0 Å². The maximum Gasteiger partial charge on any atom is 0.129 e. The third-order valence-electron chi connectivity index (χ3n) is 3.33. The second-order valence-corrected chi connectivity index (χ2v) is 4.97. The molecule has 94 valence electrons. The number of nitrogens with zero attached hydrogens (tertiary/aromatic N) is 2. The molecule has 0 saturated heterocycles. The largest absolute Gasteiger partial charge is 0.396 e. The predicted molar refractivity (Wildman–Crippen MR) is 69.0 cm³/mol. The molecule has 2 rings (SSSR count). The second-order valence-electron chi connectivity index (χ2n) is 4.58. The minimum absolute atomic E-state index is 0.256. The van der Waals surface area contributed by atoms with Crippen molar-refractivity contribution in [1.29, 1.82) is 0 Å². The molecule has 1 heterocycles. The van der Waals surface area contributed by atoms with Crippen molar-refractivity contribution in [3.8, 4) is 0 Å². The summed E-state index contributed by atoms with van der Waals surface area (Å²) in [5, 5.41) is 9.49. The lowest BCUT2D eigenvalue weighted by Crippen LogP contribution is -2.40. The quantitative estimate of drug-likeness (QED) is 0.793. The van der Waals surface area contributed by atoms with Crippen LogP contribution in [0.5, 0.6) is 0 Å². The van der Waals surface area contributed by atoms with Crippen LogP contribution in [0.2, 0.25) is 5.15 Å². The van der Waals surface area contributed by atoms with Gasteiger partial charge in [-0.25, -0.2) is 4.98 Å². The average molecular weight is 255 g/mol. The highest BCUT2D eigenvalue weighted by molar-refractivity contribution is 6.29. The molecule has 1 aliphatic rings. The molecule has 0 atom stereocenters. The summed E-state index contributed by atoms with van der Waals surface area (Å²) in [5.74, 6) is 0. The van der Waals surface area contributed by atoms with Gasteiger partial charge in [-0.3, -0.25) is 4.90 Å². The summed E-state index contributed by atoms with van der Waals surface area (Å²) in [5.41, 5.74) is 1.02. The maximum atomic E-state index is 8.93. The summed E-state index contributed by atoms with van der Waals surface area (Å²) in [6.07, 6.45) is 4.69. The van der Waals surface area contributed by atoms with E-state index in [1.807, 2.05) is 12.1 Å². The van der Waals surface area contributed by atoms with Gasteiger partial charge in [0.05, 0.1) is 5.69 Å². The summed E-state index contributed by atoms with van der Waals surface area (Å²) >= 11 is 5.89. The highest BCUT2D eigenvalue weighted by Gasteiger charge is 2.24. The zero-order valence-corrected chi connectivity index (χ0v) is 10.7. The van der Waals surface area contributed by atoms with Gasteiger partial charge < -0.3 is 5.11 Å². The van der Waals surface area contributed by atoms with Crippen LogP contribution in [0.15, 0.2) is 18.2 Å². The Bertz CT molecular complexity index is 355. The van der Waals surface area contributed by atoms with E-state index in [4.69, 9.17) is 16.7 Å². The molecule has 0 bridgehead atoms. The molecule has 1 N–H and O–H groups in total. The molecule has 1 saturated carbocycles. The Morgan fingerprint density at radius 1 is 1.41 bits per heavy atom. The summed E-state index contributed by atoms with van der Waals surface area (Å²) in [7, 11) is 0. The number of pyridine rings is 1. The standard InChI is InChI=1S/C13H19ClN2O/c14-13-7-1-4-11(15-13)10-16(8-3-9-17)12-5-2-6-12/h1,4,7,12,17H,2-3,5-6,8-10H2. The van der Waals surface area contributed by atoms with Crippen LogP contribution in [0.25, 0.3) is 0 Å². The van der Waals surface area contributed by atoms with E-state index in [1.165, 1.54) is 19.3 Å². The molecule has 4 heteroatoms. The molecule has 17 heavy (non-hydrogen) atoms. The number of hydrogen-bond donors (Lipinski definition) is 1. The minimum atomic E-state index is 0.256. The fourth-order valence-corrected chi connectivity index (χ4v) is 2.34. The zero-order valence-electron chi connectivity index (χ0n) is 9.98. The highest BCUT2D eigenvalue weighted by atomic mass is 35.5. The number of rotatable bonds is 6. The maximum absolute atomic E-state index is 8.93. The molecule has 1 aromatic rings. The van der Waals surface area contributed by atoms with Crippen molar-refractivity contribution in [2.45, 2.75) is 38.3 Å². The molecule has 3 nitrogen and oxygen atoms in total. The Kier molecular flexibility index (Phi) is 4.77. The van der Waals surface area contributed by atoms with Gasteiger partial charge in [-0.1, -0.05) is 24.1 Å². The lowest BCUT2D eigenvalue weighted by atomic mass is 9.91. The molecule has 0 aromatic carbocycles. The first kappa shape index (κ1) is 12.8. The van der Waals surface area contributed by atoms with E-state index in [0.29, 0.717) is 11.2 Å². The van der Waals surface area contributed by atoms with Crippen LogP contribution in [0, 0.1) is 0 Å². The lowest BCUT2D eigenvalue weighted by Gasteiger charge is -2.37. The number of aromatic nitrogens is 1. The van der Waals surface area contributed by atoms with Gasteiger partial charge in [0.2, 0.25) is 0 Å². The van der Waals surface area contributed by atoms with Crippen LogP contribution < -0.4 is 0 Å². The highest BCUT2D eigenvalue weighted by Crippen LogP contribution is 2.26. The molecule has 0 unspecified atom stereocenters. The summed E-state index contributed by atoms with van der Waals surface area (Å²) in [6, 6.07) is 6.42. The fourth-order valence-electron chi connectivity index (χ4n) is 2.16. The first-order chi connectivity index (χ1) is 8.29. The Hall–Kier alpha value is -0.640. The van der Waals surface area contributed by atoms with Gasteiger partial charge in [-0.15, -0.1) is 0 Å². The molecular weight excluding hydrogens is 236 g/mol. The molecule has 0 spiro atoms. The number of aliphatic hydroxyl groups excluding tert-OH is 1. The van der Waals surface area contributed by atoms with Gasteiger partial charge in [-0.05, 0) is 31.4 Å². The average Bonchev–Trinajstić information content (AvgIpc) is 2.23. The predicted octanol–water partition coefficient (Wildman–Crippen LogP) is 2.47. The van der Waals surface area contributed by atoms with Gasteiger partial charge in [0.25, 0.3) is 0 Å². The molecule has 1 aromatic heterocycles. The first-order valence-corrected chi connectivity index (χ1v) is 6.64. The Labute approximate surface area is 107 Å². The summed E-state index contributed by atoms with van der Waals surface area (Å²) in [6.45, 7) is 2.03. The molecule has 0 radical (unpaired) electrons. The second kappa shape index (κ2) is 6.34. The lowest BCUT2D eigenvalue weighted by molar-refractivity contribution is 0.108. The van der Waals surface area contributed by atoms with Crippen LogP contribution >= 0.6 is 11.6 Å². The fraction of sp³-hybridized carbons (Fsp3) is 0.615. The van der Waals surface area contributed by atoms with Crippen molar-refractivity contribution in [2.24, 2.45) is 0 Å². The summed E-state index contributed by atoms with van der Waals surface area (Å²) < 4.78 is 0. The van der Waals surface area contributed by atoms with Crippen molar-refractivity contribution < 1.29 is 5.11 Å². The van der Waals surface area contributed by atoms with Crippen molar-refractivity contribution in [3.63, 3.8) is 0 Å². The zero-order chi connectivity index (χ0) is 12.1. The van der Waals surface area contributed by atoms with Crippen molar-refractivity contribution in [3.05, 3.63) is 29.0 Å². The monoisotopic (exact) mass is 254 g/mol. The Balaban J connectivity index is 1.95. The van der Waals surface area contributed by atoms with Gasteiger partial charge in [0.15, 0.2) is 0 Å². The Morgan fingerprint density at radius 2 is 2.24 bits per heavy atom. The van der Waals surface area contributed by atoms with Crippen LogP contribution in [0.1, 0.15) is 31.4 Å². The normalized spacial score (nSPS) is 16.2. The van der Waals surface area contributed by atoms with E-state index in [0.717, 1.165) is 25.2 Å². The van der Waals surface area contributed by atoms with E-state index in [9.17, 15) is 0 Å². The topological polar surface area (TPSA) is 36.4 Å². The van der Waals surface area contributed by atoms with Gasteiger partial charge in [0, 0.05) is 25.7 Å². The third-order valence-corrected chi connectivity index (χ3v) is 3.54. The van der Waals surface area contributed by atoms with E-state index in [-0.39, 0.29) is 6.61 Å². The molecule has 1 aliphatic carbocycles. The molecule has 0 aliphatic heterocycles. The molecule has 0 amide bonds. The summed E-state index contributed by atoms with van der Waals surface area (Å²) in [4.78, 5) is 6.74. The van der Waals surface area contributed by atoms with E-state index >= 15 is 0 Å². The first-order valence-electron chi connectivity index (χ1n) is 6.26. The smallest absolute Gasteiger partial charge is 0.129 e. The van der Waals surface area contributed by atoms with E-state index < -0.39 is 0 Å². The van der Waals surface area contributed by atoms with Crippen LogP contribution in [-0.2, 0) is 6.54 Å². The van der Waals surface area contributed by atoms with Crippen LogP contribution in [-0.4, -0.2) is 34.2 Å². The SMILES string of the molecule is OCCCN(Cc1cccc(Cl)n1)C1CCC1. The van der Waals surface area contributed by atoms with Gasteiger partial charge in [0.1, 0.15) is 5.15 Å². The number of hydrogen-bond acceptors (Lipinski definition) is 3. The molecular formula is C13H19ClN2O. The number of halogens is 1. The number of aliphatic hydroxyl groups is 1. The van der Waals surface area contributed by atoms with Crippen molar-refractivity contribution in [1.82, 2.24) is 9.88 Å². The third kappa shape index (κ3) is 3.66. The van der Waals surface area contributed by atoms with Crippen molar-refractivity contribution >= 4 is 11.6 Å². The minimum Gasteiger partial charge on any atom is -0.396 e.